The Morgan fingerprint density at radius 1 is 1.67 bits per heavy atom. The smallest absolute Gasteiger partial charge is 0.0776 e. The van der Waals surface area contributed by atoms with Gasteiger partial charge in [-0.1, -0.05) is 13.2 Å². The molecule has 0 aliphatic rings. The van der Waals surface area contributed by atoms with Crippen molar-refractivity contribution in [2.45, 2.75) is 13.2 Å². The van der Waals surface area contributed by atoms with E-state index in [1.54, 1.807) is 0 Å². The molecule has 0 aromatic rings. The minimum Gasteiger partial charge on any atom is -0.0881 e. The summed E-state index contributed by atoms with van der Waals surface area (Å²) >= 11 is 0. The van der Waals surface area contributed by atoms with Crippen LogP contribution in [0.5, 0.6) is 0 Å². The van der Waals surface area contributed by atoms with Crippen LogP contribution in [0.15, 0.2) is 0 Å². The summed E-state index contributed by atoms with van der Waals surface area (Å²) in [6.07, 6.45) is 1.34. The first-order valence-electron chi connectivity index (χ1n) is 2.41. The monoisotopic (exact) mass is 168 g/mol. The predicted octanol–water partition coefficient (Wildman–Crippen LogP) is -1.24. The van der Waals surface area contributed by atoms with E-state index in [-0.39, 0.29) is 19.5 Å². The Kier molecular flexibility index (Phi) is 15.4. The topological polar surface area (TPSA) is 0 Å². The maximum atomic E-state index is 2.21. The molecule has 0 rings (SSSR count). The van der Waals surface area contributed by atoms with Crippen LogP contribution in [0.3, 0.4) is 0 Å². The summed E-state index contributed by atoms with van der Waals surface area (Å²) in [5, 5.41) is 0. The second kappa shape index (κ2) is 9.26. The molecule has 0 aromatic heterocycles. The average Bonchev–Trinajstić information content (AvgIpc) is 1.41. The normalized spacial score (nSPS) is 5.50. The van der Waals surface area contributed by atoms with Gasteiger partial charge in [0.2, 0.25) is 0 Å². The number of rotatable bonds is 2. The second-order valence-electron chi connectivity index (χ2n) is 1.35. The third kappa shape index (κ3) is 8.84. The van der Waals surface area contributed by atoms with E-state index >= 15 is 0 Å². The van der Waals surface area contributed by atoms with Crippen molar-refractivity contribution in [3.8, 4) is 0 Å². The summed E-state index contributed by atoms with van der Waals surface area (Å²) in [4.78, 5) is 0. The molecule has 0 spiro atoms. The molecule has 0 aromatic carbocycles. The first kappa shape index (κ1) is 9.94. The third-order valence-electron chi connectivity index (χ3n) is 0.707. The van der Waals surface area contributed by atoms with Gasteiger partial charge in [0.1, 0.15) is 0 Å². The Labute approximate surface area is 55.1 Å². The average molecular weight is 167 g/mol. The molecular weight excluding hydrogens is 158 g/mol. The van der Waals surface area contributed by atoms with Gasteiger partial charge < -0.3 is 0 Å². The van der Waals surface area contributed by atoms with Crippen molar-refractivity contribution in [2.75, 3.05) is 0 Å². The molecule has 0 radical (unpaired) electrons. The molecule has 0 nitrogen and oxygen atoms in total. The van der Waals surface area contributed by atoms with E-state index in [1.807, 2.05) is 0 Å². The van der Waals surface area contributed by atoms with Crippen LogP contribution in [0.4, 0.5) is 0 Å². The van der Waals surface area contributed by atoms with Gasteiger partial charge in [-0.15, -0.1) is 0 Å². The van der Waals surface area contributed by atoms with E-state index < -0.39 is 0 Å². The van der Waals surface area contributed by atoms with Gasteiger partial charge in [0.05, 0.1) is 22.0 Å². The maximum absolute atomic E-state index is 2.21. The van der Waals surface area contributed by atoms with E-state index in [2.05, 4.69) is 14.7 Å². The molecule has 0 aliphatic heterocycles. The molecule has 0 N–H and O–H groups in total. The Morgan fingerprint density at radius 3 is 2.17 bits per heavy atom. The van der Waals surface area contributed by atoms with Crippen LogP contribution in [0.25, 0.3) is 0 Å². The van der Waals surface area contributed by atoms with Gasteiger partial charge in [0.25, 0.3) is 0 Å². The van der Waals surface area contributed by atoms with Gasteiger partial charge in [0, 0.05) is 19.5 Å². The van der Waals surface area contributed by atoms with Crippen LogP contribution in [0, 0.1) is 0 Å². The molecule has 0 amide bonds. The van der Waals surface area contributed by atoms with Crippen molar-refractivity contribution < 1.29 is 19.5 Å². The first-order valence-corrected chi connectivity index (χ1v) is 2.41. The van der Waals surface area contributed by atoms with Gasteiger partial charge in [-0.05, 0) is 0 Å². The molecule has 0 unspecified atom stereocenters. The minimum atomic E-state index is 0. The summed E-state index contributed by atoms with van der Waals surface area (Å²) in [5.41, 5.74) is 0. The molecule has 0 saturated carbocycles. The standard InChI is InChI=1S/C2H9B3.Ru/c1-2-4-5-3;/h4-5H,2-3H2,1H3;. The molecule has 0 heterocycles. The van der Waals surface area contributed by atoms with Crippen molar-refractivity contribution >= 4 is 22.0 Å². The minimum absolute atomic E-state index is 0. The maximum Gasteiger partial charge on any atom is 0.0776 e. The third-order valence-corrected chi connectivity index (χ3v) is 0.707. The summed E-state index contributed by atoms with van der Waals surface area (Å²) < 4.78 is 0. The van der Waals surface area contributed by atoms with Crippen LogP contribution in [0.1, 0.15) is 6.92 Å². The summed E-state index contributed by atoms with van der Waals surface area (Å²) in [5.74, 6) is 0. The summed E-state index contributed by atoms with van der Waals surface area (Å²) in [6, 6.07) is 0. The van der Waals surface area contributed by atoms with Crippen LogP contribution < -0.4 is 0 Å². The van der Waals surface area contributed by atoms with Crippen molar-refractivity contribution in [3.05, 3.63) is 0 Å². The van der Waals surface area contributed by atoms with Crippen LogP contribution in [-0.2, 0) is 19.5 Å². The second-order valence-corrected chi connectivity index (χ2v) is 1.35. The number of hydrogen-bond acceptors (Lipinski definition) is 0. The summed E-state index contributed by atoms with van der Waals surface area (Å²) in [7, 11) is 4.94. The molecule has 4 heteroatoms. The predicted molar refractivity (Wildman–Crippen MR) is 33.3 cm³/mol. The SMILES string of the molecule is BBBCC.[Ru]. The zero-order chi connectivity index (χ0) is 4.12. The quantitative estimate of drug-likeness (QED) is 0.451. The van der Waals surface area contributed by atoms with Gasteiger partial charge >= 0.3 is 0 Å². The van der Waals surface area contributed by atoms with Gasteiger partial charge in [0.15, 0.2) is 0 Å². The molecule has 0 saturated heterocycles. The number of hydrogen-bond donors (Lipinski definition) is 0. The van der Waals surface area contributed by atoms with E-state index in [1.165, 1.54) is 20.6 Å². The zero-order valence-corrected chi connectivity index (χ0v) is 6.21. The molecule has 0 aliphatic carbocycles. The van der Waals surface area contributed by atoms with Gasteiger partial charge in [-0.2, -0.15) is 0 Å². The van der Waals surface area contributed by atoms with E-state index in [9.17, 15) is 0 Å². The molecule has 0 fully saturated rings. The first-order chi connectivity index (χ1) is 2.41. The van der Waals surface area contributed by atoms with Crippen LogP contribution in [-0.4, -0.2) is 22.0 Å². The molecule has 34 valence electrons. The fourth-order valence-corrected chi connectivity index (χ4v) is 0.354. The largest absolute Gasteiger partial charge is 0.0881 e. The molecule has 0 atom stereocenters. The fraction of sp³-hybridized carbons (Fsp3) is 1.00. The van der Waals surface area contributed by atoms with Crippen molar-refractivity contribution in [1.82, 2.24) is 0 Å². The molecule has 6 heavy (non-hydrogen) atoms. The zero-order valence-electron chi connectivity index (χ0n) is 4.47. The van der Waals surface area contributed by atoms with E-state index in [0.717, 1.165) is 0 Å². The Bertz CT molecular complexity index is 16.3. The van der Waals surface area contributed by atoms with Crippen molar-refractivity contribution in [1.29, 1.82) is 0 Å². The van der Waals surface area contributed by atoms with E-state index in [0.29, 0.717) is 0 Å². The van der Waals surface area contributed by atoms with Crippen molar-refractivity contribution in [3.63, 3.8) is 0 Å². The molecular formula is C2H9B3Ru. The Morgan fingerprint density at radius 2 is 2.17 bits per heavy atom. The molecule has 0 bridgehead atoms. The Balaban J connectivity index is 0. The van der Waals surface area contributed by atoms with Crippen molar-refractivity contribution in [2.24, 2.45) is 0 Å². The fourth-order valence-electron chi connectivity index (χ4n) is 0.354. The Hall–Kier alpha value is 0.818. The van der Waals surface area contributed by atoms with Gasteiger partial charge in [-0.3, -0.25) is 0 Å². The van der Waals surface area contributed by atoms with Gasteiger partial charge in [-0.25, -0.2) is 0 Å². The van der Waals surface area contributed by atoms with E-state index in [4.69, 9.17) is 0 Å². The van der Waals surface area contributed by atoms with Crippen LogP contribution in [0.2, 0.25) is 6.32 Å². The summed E-state index contributed by atoms with van der Waals surface area (Å²) in [6.45, 7) is 2.21. The van der Waals surface area contributed by atoms with Crippen LogP contribution >= 0.6 is 0 Å².